The molecule has 96 valence electrons. The molecule has 0 fully saturated rings. The second-order valence-corrected chi connectivity index (χ2v) is 5.25. The van der Waals surface area contributed by atoms with Crippen LogP contribution >= 0.6 is 15.9 Å². The Morgan fingerprint density at radius 1 is 1.21 bits per heavy atom. The summed E-state index contributed by atoms with van der Waals surface area (Å²) in [4.78, 5) is 12.1. The fourth-order valence-corrected chi connectivity index (χ4v) is 2.82. The average Bonchev–Trinajstić information content (AvgIpc) is 2.38. The van der Waals surface area contributed by atoms with E-state index in [9.17, 15) is 9.18 Å². The van der Waals surface area contributed by atoms with E-state index in [0.29, 0.717) is 15.8 Å². The maximum atomic E-state index is 13.1. The Morgan fingerprint density at radius 3 is 2.79 bits per heavy atom. The van der Waals surface area contributed by atoms with Crippen LogP contribution in [-0.2, 0) is 0 Å². The van der Waals surface area contributed by atoms with Crippen LogP contribution in [0.3, 0.4) is 0 Å². The van der Waals surface area contributed by atoms with Gasteiger partial charge in [-0.05, 0) is 24.3 Å². The molecular weight excluding hydrogens is 311 g/mol. The molecule has 19 heavy (non-hydrogen) atoms. The largest absolute Gasteiger partial charge is 0.484 e. The van der Waals surface area contributed by atoms with Crippen molar-refractivity contribution in [2.24, 2.45) is 0 Å². The molecule has 0 bridgehead atoms. The minimum Gasteiger partial charge on any atom is -0.484 e. The first-order valence-corrected chi connectivity index (χ1v) is 6.68. The predicted octanol–water partition coefficient (Wildman–Crippen LogP) is 4.29. The first-order chi connectivity index (χ1) is 9.15. The number of Topliss-reactive ketones (excluding diaryl/α,β-unsaturated/α-hetero) is 1. The number of hydrogen-bond donors (Lipinski definition) is 0. The second-order valence-electron chi connectivity index (χ2n) is 4.40. The Kier molecular flexibility index (Phi) is 3.11. The van der Waals surface area contributed by atoms with Crippen molar-refractivity contribution >= 4 is 21.7 Å². The highest BCUT2D eigenvalue weighted by Crippen LogP contribution is 2.37. The molecule has 4 heteroatoms. The SMILES string of the molecule is O=C1CC(c2ccc(F)cc2Br)Oc2ccccc21. The Bertz CT molecular complexity index is 654. The van der Waals surface area contributed by atoms with Crippen molar-refractivity contribution in [3.8, 4) is 5.75 Å². The van der Waals surface area contributed by atoms with Crippen LogP contribution in [0.2, 0.25) is 0 Å². The van der Waals surface area contributed by atoms with E-state index in [1.807, 2.05) is 12.1 Å². The normalized spacial score (nSPS) is 17.8. The third-order valence-corrected chi connectivity index (χ3v) is 3.82. The van der Waals surface area contributed by atoms with Gasteiger partial charge >= 0.3 is 0 Å². The van der Waals surface area contributed by atoms with Crippen LogP contribution in [0, 0.1) is 5.82 Å². The van der Waals surface area contributed by atoms with Crippen molar-refractivity contribution in [1.29, 1.82) is 0 Å². The zero-order chi connectivity index (χ0) is 13.4. The molecular formula is C15H10BrFO2. The number of rotatable bonds is 1. The molecule has 1 unspecified atom stereocenters. The summed E-state index contributed by atoms with van der Waals surface area (Å²) in [5, 5.41) is 0. The van der Waals surface area contributed by atoms with E-state index < -0.39 is 0 Å². The number of ketones is 1. The monoisotopic (exact) mass is 320 g/mol. The molecule has 0 saturated heterocycles. The smallest absolute Gasteiger partial charge is 0.170 e. The third kappa shape index (κ3) is 2.28. The van der Waals surface area contributed by atoms with Gasteiger partial charge in [-0.25, -0.2) is 4.39 Å². The lowest BCUT2D eigenvalue weighted by atomic mass is 9.96. The van der Waals surface area contributed by atoms with E-state index in [4.69, 9.17) is 4.74 Å². The molecule has 0 N–H and O–H groups in total. The maximum absolute atomic E-state index is 13.1. The summed E-state index contributed by atoms with van der Waals surface area (Å²) in [6.07, 6.45) is -0.112. The second kappa shape index (κ2) is 4.78. The zero-order valence-electron chi connectivity index (χ0n) is 9.90. The van der Waals surface area contributed by atoms with Gasteiger partial charge in [-0.1, -0.05) is 34.1 Å². The van der Waals surface area contributed by atoms with E-state index in [1.165, 1.54) is 12.1 Å². The van der Waals surface area contributed by atoms with Gasteiger partial charge in [0.15, 0.2) is 5.78 Å². The number of carbonyl (C=O) groups excluding carboxylic acids is 1. The highest BCUT2D eigenvalue weighted by Gasteiger charge is 2.28. The molecule has 1 heterocycles. The number of ether oxygens (including phenoxy) is 1. The molecule has 0 aromatic heterocycles. The zero-order valence-corrected chi connectivity index (χ0v) is 11.5. The molecule has 1 aliphatic heterocycles. The summed E-state index contributed by atoms with van der Waals surface area (Å²) < 4.78 is 19.5. The van der Waals surface area contributed by atoms with Crippen LogP contribution in [0.25, 0.3) is 0 Å². The first-order valence-electron chi connectivity index (χ1n) is 5.89. The Balaban J connectivity index is 1.99. The summed E-state index contributed by atoms with van der Waals surface area (Å²) in [5.41, 5.74) is 1.39. The Morgan fingerprint density at radius 2 is 2.00 bits per heavy atom. The highest BCUT2D eigenvalue weighted by molar-refractivity contribution is 9.10. The van der Waals surface area contributed by atoms with E-state index in [2.05, 4.69) is 15.9 Å². The van der Waals surface area contributed by atoms with Crippen LogP contribution in [0.4, 0.5) is 4.39 Å². The van der Waals surface area contributed by atoms with Gasteiger partial charge in [0.1, 0.15) is 17.7 Å². The molecule has 2 nitrogen and oxygen atoms in total. The molecule has 2 aromatic carbocycles. The number of para-hydroxylation sites is 1. The van der Waals surface area contributed by atoms with Gasteiger partial charge in [-0.2, -0.15) is 0 Å². The van der Waals surface area contributed by atoms with E-state index in [1.54, 1.807) is 18.2 Å². The van der Waals surface area contributed by atoms with Crippen molar-refractivity contribution in [2.75, 3.05) is 0 Å². The molecule has 2 aromatic rings. The van der Waals surface area contributed by atoms with Gasteiger partial charge in [-0.3, -0.25) is 4.79 Å². The van der Waals surface area contributed by atoms with Crippen LogP contribution in [-0.4, -0.2) is 5.78 Å². The van der Waals surface area contributed by atoms with Gasteiger partial charge in [0.05, 0.1) is 12.0 Å². The van der Waals surface area contributed by atoms with E-state index in [-0.39, 0.29) is 24.1 Å². The van der Waals surface area contributed by atoms with Gasteiger partial charge < -0.3 is 4.74 Å². The summed E-state index contributed by atoms with van der Waals surface area (Å²) in [5.74, 6) is 0.307. The van der Waals surface area contributed by atoms with Gasteiger partial charge in [0.25, 0.3) is 0 Å². The number of benzene rings is 2. The fraction of sp³-hybridized carbons (Fsp3) is 0.133. The molecule has 0 amide bonds. The molecule has 3 rings (SSSR count). The lowest BCUT2D eigenvalue weighted by Gasteiger charge is -2.26. The van der Waals surface area contributed by atoms with Crippen LogP contribution in [0.15, 0.2) is 46.9 Å². The Labute approximate surface area is 118 Å². The van der Waals surface area contributed by atoms with E-state index in [0.717, 1.165) is 5.56 Å². The third-order valence-electron chi connectivity index (χ3n) is 3.14. The van der Waals surface area contributed by atoms with Crippen molar-refractivity contribution < 1.29 is 13.9 Å². The quantitative estimate of drug-likeness (QED) is 0.783. The van der Waals surface area contributed by atoms with Crippen LogP contribution in [0.5, 0.6) is 5.75 Å². The molecule has 0 spiro atoms. The fourth-order valence-electron chi connectivity index (χ4n) is 2.21. The molecule has 0 radical (unpaired) electrons. The summed E-state index contributed by atoms with van der Waals surface area (Å²) >= 11 is 3.31. The summed E-state index contributed by atoms with van der Waals surface area (Å²) in [6.45, 7) is 0. The first kappa shape index (κ1) is 12.4. The minimum atomic E-state index is -0.377. The number of halogens is 2. The molecule has 1 aliphatic rings. The lowest BCUT2D eigenvalue weighted by molar-refractivity contribution is 0.0849. The van der Waals surface area contributed by atoms with Crippen LogP contribution < -0.4 is 4.74 Å². The van der Waals surface area contributed by atoms with E-state index >= 15 is 0 Å². The molecule has 0 aliphatic carbocycles. The van der Waals surface area contributed by atoms with Gasteiger partial charge in [0.2, 0.25) is 0 Å². The molecule has 1 atom stereocenters. The van der Waals surface area contributed by atoms with Crippen molar-refractivity contribution in [3.05, 3.63) is 63.9 Å². The summed E-state index contributed by atoms with van der Waals surface area (Å²) in [6, 6.07) is 11.6. The lowest BCUT2D eigenvalue weighted by Crippen LogP contribution is -2.20. The number of fused-ring (bicyclic) bond motifs is 1. The standard InChI is InChI=1S/C15H10BrFO2/c16-12-7-9(17)5-6-10(12)15-8-13(18)11-3-1-2-4-14(11)19-15/h1-7,15H,8H2. The molecule has 0 saturated carbocycles. The maximum Gasteiger partial charge on any atom is 0.170 e. The minimum absolute atomic E-state index is 0.0445. The van der Waals surface area contributed by atoms with Crippen LogP contribution in [0.1, 0.15) is 28.4 Å². The predicted molar refractivity (Wildman–Crippen MR) is 72.9 cm³/mol. The number of hydrogen-bond acceptors (Lipinski definition) is 2. The van der Waals surface area contributed by atoms with Crippen molar-refractivity contribution in [2.45, 2.75) is 12.5 Å². The van der Waals surface area contributed by atoms with Crippen molar-refractivity contribution in [1.82, 2.24) is 0 Å². The van der Waals surface area contributed by atoms with Crippen molar-refractivity contribution in [3.63, 3.8) is 0 Å². The Hall–Kier alpha value is -1.68. The number of carbonyl (C=O) groups is 1. The average molecular weight is 321 g/mol. The summed E-state index contributed by atoms with van der Waals surface area (Å²) in [7, 11) is 0. The topological polar surface area (TPSA) is 26.3 Å². The van der Waals surface area contributed by atoms with Gasteiger partial charge in [-0.15, -0.1) is 0 Å². The van der Waals surface area contributed by atoms with Gasteiger partial charge in [0, 0.05) is 10.0 Å². The highest BCUT2D eigenvalue weighted by atomic mass is 79.9.